The molecule has 0 radical (unpaired) electrons. The average molecular weight is 256 g/mol. The Labute approximate surface area is 106 Å². The fourth-order valence-corrected chi connectivity index (χ4v) is 2.50. The first-order valence-corrected chi connectivity index (χ1v) is 6.41. The van der Waals surface area contributed by atoms with Gasteiger partial charge in [0.25, 0.3) is 0 Å². The molecule has 0 aromatic heterocycles. The van der Waals surface area contributed by atoms with Crippen molar-refractivity contribution < 1.29 is 19.4 Å². The van der Waals surface area contributed by atoms with Crippen LogP contribution in [0.25, 0.3) is 0 Å². The molecule has 2 amide bonds. The molecule has 0 atom stereocenters. The number of aliphatic carboxylic acids is 1. The second-order valence-corrected chi connectivity index (χ2v) is 5.09. The van der Waals surface area contributed by atoms with Crippen molar-refractivity contribution in [3.05, 3.63) is 0 Å². The maximum Gasteiger partial charge on any atom is 0.329 e. The van der Waals surface area contributed by atoms with Crippen molar-refractivity contribution >= 4 is 12.0 Å². The summed E-state index contributed by atoms with van der Waals surface area (Å²) in [5.41, 5.74) is -1.02. The topological polar surface area (TPSA) is 78.9 Å². The number of amides is 2. The predicted octanol–water partition coefficient (Wildman–Crippen LogP) is 0.814. The normalized spacial score (nSPS) is 23.3. The molecular weight excluding hydrogens is 236 g/mol. The molecule has 6 nitrogen and oxygen atoms in total. The van der Waals surface area contributed by atoms with Gasteiger partial charge in [-0.2, -0.15) is 0 Å². The van der Waals surface area contributed by atoms with E-state index in [2.05, 4.69) is 5.32 Å². The number of carbonyl (C=O) groups is 2. The molecule has 2 rings (SSSR count). The summed E-state index contributed by atoms with van der Waals surface area (Å²) in [6.45, 7) is 1.25. The molecule has 2 fully saturated rings. The SMILES string of the molecule is COC1CCN(C(=O)NC2(C(=O)O)CCC2)CC1. The van der Waals surface area contributed by atoms with Gasteiger partial charge in [0.1, 0.15) is 5.54 Å². The molecular formula is C12H20N2O4. The minimum atomic E-state index is -1.02. The second-order valence-electron chi connectivity index (χ2n) is 5.09. The lowest BCUT2D eigenvalue weighted by molar-refractivity contribution is -0.148. The number of carboxylic acid groups (broad SMARTS) is 1. The van der Waals surface area contributed by atoms with E-state index < -0.39 is 11.5 Å². The minimum Gasteiger partial charge on any atom is -0.480 e. The zero-order chi connectivity index (χ0) is 13.2. The van der Waals surface area contributed by atoms with Crippen LogP contribution in [0.15, 0.2) is 0 Å². The van der Waals surface area contributed by atoms with Crippen molar-refractivity contribution in [2.45, 2.75) is 43.7 Å². The van der Waals surface area contributed by atoms with E-state index in [-0.39, 0.29) is 12.1 Å². The molecule has 1 heterocycles. The molecule has 1 aliphatic heterocycles. The first-order chi connectivity index (χ1) is 8.57. The van der Waals surface area contributed by atoms with Crippen molar-refractivity contribution in [3.63, 3.8) is 0 Å². The summed E-state index contributed by atoms with van der Waals surface area (Å²) >= 11 is 0. The first-order valence-electron chi connectivity index (χ1n) is 6.41. The van der Waals surface area contributed by atoms with Gasteiger partial charge < -0.3 is 20.1 Å². The van der Waals surface area contributed by atoms with Crippen LogP contribution in [0.1, 0.15) is 32.1 Å². The first kappa shape index (κ1) is 13.1. The molecule has 0 aromatic carbocycles. The average Bonchev–Trinajstić information content (AvgIpc) is 2.33. The lowest BCUT2D eigenvalue weighted by Gasteiger charge is -2.40. The Hall–Kier alpha value is -1.30. The number of nitrogens with one attached hydrogen (secondary N) is 1. The van der Waals surface area contributed by atoms with Crippen LogP contribution in [-0.2, 0) is 9.53 Å². The second kappa shape index (κ2) is 5.14. The van der Waals surface area contributed by atoms with Gasteiger partial charge in [-0.1, -0.05) is 0 Å². The van der Waals surface area contributed by atoms with Gasteiger partial charge in [0.15, 0.2) is 0 Å². The number of urea groups is 1. The van der Waals surface area contributed by atoms with Crippen LogP contribution in [0, 0.1) is 0 Å². The Morgan fingerprint density at radius 3 is 2.33 bits per heavy atom. The van der Waals surface area contributed by atoms with Crippen LogP contribution in [-0.4, -0.2) is 53.8 Å². The van der Waals surface area contributed by atoms with Crippen LogP contribution in [0.5, 0.6) is 0 Å². The van der Waals surface area contributed by atoms with Gasteiger partial charge >= 0.3 is 12.0 Å². The fraction of sp³-hybridized carbons (Fsp3) is 0.833. The van der Waals surface area contributed by atoms with Crippen molar-refractivity contribution in [1.29, 1.82) is 0 Å². The zero-order valence-electron chi connectivity index (χ0n) is 10.6. The van der Waals surface area contributed by atoms with Gasteiger partial charge in [0, 0.05) is 20.2 Å². The van der Waals surface area contributed by atoms with E-state index in [1.54, 1.807) is 12.0 Å². The van der Waals surface area contributed by atoms with Crippen LogP contribution < -0.4 is 5.32 Å². The van der Waals surface area contributed by atoms with Crippen molar-refractivity contribution in [3.8, 4) is 0 Å². The molecule has 102 valence electrons. The van der Waals surface area contributed by atoms with Gasteiger partial charge in [-0.05, 0) is 32.1 Å². The van der Waals surface area contributed by atoms with E-state index in [9.17, 15) is 9.59 Å². The standard InChI is InChI=1S/C12H20N2O4/c1-18-9-3-7-14(8-4-9)11(17)13-12(10(15)16)5-2-6-12/h9H,2-8H2,1H3,(H,13,17)(H,15,16). The van der Waals surface area contributed by atoms with Crippen LogP contribution in [0.3, 0.4) is 0 Å². The summed E-state index contributed by atoms with van der Waals surface area (Å²) in [6.07, 6.45) is 3.75. The number of piperidine rings is 1. The molecule has 0 unspecified atom stereocenters. The highest BCUT2D eigenvalue weighted by Crippen LogP contribution is 2.32. The van der Waals surface area contributed by atoms with Crippen LogP contribution >= 0.6 is 0 Å². The maximum absolute atomic E-state index is 12.0. The van der Waals surface area contributed by atoms with E-state index >= 15 is 0 Å². The minimum absolute atomic E-state index is 0.214. The third kappa shape index (κ3) is 2.43. The molecule has 1 saturated carbocycles. The third-order valence-corrected chi connectivity index (χ3v) is 4.03. The molecule has 0 bridgehead atoms. The van der Waals surface area contributed by atoms with Gasteiger partial charge in [0.2, 0.25) is 0 Å². The molecule has 1 aliphatic carbocycles. The number of carboxylic acids is 1. The number of methoxy groups -OCH3 is 1. The highest BCUT2D eigenvalue weighted by Gasteiger charge is 2.46. The summed E-state index contributed by atoms with van der Waals surface area (Å²) in [4.78, 5) is 24.9. The van der Waals surface area contributed by atoms with Crippen LogP contribution in [0.2, 0.25) is 0 Å². The van der Waals surface area contributed by atoms with E-state index in [1.807, 2.05) is 0 Å². The lowest BCUT2D eigenvalue weighted by atomic mass is 9.77. The lowest BCUT2D eigenvalue weighted by Crippen LogP contribution is -2.62. The number of hydrogen-bond acceptors (Lipinski definition) is 3. The molecule has 1 saturated heterocycles. The van der Waals surface area contributed by atoms with E-state index in [0.29, 0.717) is 25.9 Å². The monoisotopic (exact) mass is 256 g/mol. The number of ether oxygens (including phenoxy) is 1. The highest BCUT2D eigenvalue weighted by atomic mass is 16.5. The Bertz CT molecular complexity index is 333. The Morgan fingerprint density at radius 1 is 1.33 bits per heavy atom. The van der Waals surface area contributed by atoms with E-state index in [4.69, 9.17) is 9.84 Å². The summed E-state index contributed by atoms with van der Waals surface area (Å²) in [5.74, 6) is -0.922. The maximum atomic E-state index is 12.0. The van der Waals surface area contributed by atoms with Gasteiger partial charge in [0.05, 0.1) is 6.10 Å². The third-order valence-electron chi connectivity index (χ3n) is 4.03. The van der Waals surface area contributed by atoms with Crippen molar-refractivity contribution in [2.24, 2.45) is 0 Å². The van der Waals surface area contributed by atoms with Crippen molar-refractivity contribution in [2.75, 3.05) is 20.2 Å². The number of rotatable bonds is 3. The van der Waals surface area contributed by atoms with E-state index in [0.717, 1.165) is 19.3 Å². The van der Waals surface area contributed by atoms with E-state index in [1.165, 1.54) is 0 Å². The number of nitrogens with zero attached hydrogens (tertiary/aromatic N) is 1. The molecule has 0 spiro atoms. The number of likely N-dealkylation sites (tertiary alicyclic amines) is 1. The predicted molar refractivity (Wildman–Crippen MR) is 64.4 cm³/mol. The number of hydrogen-bond donors (Lipinski definition) is 2. The number of carbonyl (C=O) groups excluding carboxylic acids is 1. The Kier molecular flexibility index (Phi) is 3.75. The largest absolute Gasteiger partial charge is 0.480 e. The summed E-state index contributed by atoms with van der Waals surface area (Å²) in [6, 6.07) is -0.258. The highest BCUT2D eigenvalue weighted by molar-refractivity contribution is 5.87. The van der Waals surface area contributed by atoms with Crippen molar-refractivity contribution in [1.82, 2.24) is 10.2 Å². The summed E-state index contributed by atoms with van der Waals surface area (Å²) in [7, 11) is 1.67. The summed E-state index contributed by atoms with van der Waals surface area (Å²) < 4.78 is 5.24. The Balaban J connectivity index is 1.87. The molecule has 6 heteroatoms. The quantitative estimate of drug-likeness (QED) is 0.783. The smallest absolute Gasteiger partial charge is 0.329 e. The van der Waals surface area contributed by atoms with Crippen LogP contribution in [0.4, 0.5) is 4.79 Å². The van der Waals surface area contributed by atoms with Gasteiger partial charge in [-0.3, -0.25) is 0 Å². The van der Waals surface area contributed by atoms with Gasteiger partial charge in [-0.25, -0.2) is 9.59 Å². The Morgan fingerprint density at radius 2 is 1.94 bits per heavy atom. The fourth-order valence-electron chi connectivity index (χ4n) is 2.50. The summed E-state index contributed by atoms with van der Waals surface area (Å²) in [5, 5.41) is 11.8. The molecule has 18 heavy (non-hydrogen) atoms. The molecule has 2 aliphatic rings. The zero-order valence-corrected chi connectivity index (χ0v) is 10.6. The van der Waals surface area contributed by atoms with Gasteiger partial charge in [-0.15, -0.1) is 0 Å². The molecule has 0 aromatic rings. The molecule has 2 N–H and O–H groups in total.